The van der Waals surface area contributed by atoms with Crippen molar-refractivity contribution in [1.82, 2.24) is 5.32 Å². The van der Waals surface area contributed by atoms with Crippen LogP contribution < -0.4 is 5.32 Å². The van der Waals surface area contributed by atoms with Gasteiger partial charge in [-0.15, -0.1) is 0 Å². The Bertz CT molecular complexity index is 229. The zero-order chi connectivity index (χ0) is 10.0. The molecule has 2 fully saturated rings. The molecule has 80 valence electrons. The third-order valence-corrected chi connectivity index (χ3v) is 3.66. The van der Waals surface area contributed by atoms with Crippen LogP contribution in [0.4, 0.5) is 0 Å². The first-order valence-electron chi connectivity index (χ1n) is 5.70. The van der Waals surface area contributed by atoms with Gasteiger partial charge in [-0.2, -0.15) is 0 Å². The third kappa shape index (κ3) is 1.44. The molecular formula is C11H19NO2. The lowest BCUT2D eigenvalue weighted by Crippen LogP contribution is -2.51. The molecule has 3 heteroatoms. The van der Waals surface area contributed by atoms with Crippen molar-refractivity contribution in [3.8, 4) is 0 Å². The predicted molar refractivity (Wildman–Crippen MR) is 53.9 cm³/mol. The largest absolute Gasteiger partial charge is 0.466 e. The molecule has 1 saturated carbocycles. The second kappa shape index (κ2) is 3.89. The Balaban J connectivity index is 2.13. The second-order valence-corrected chi connectivity index (χ2v) is 4.38. The van der Waals surface area contributed by atoms with E-state index in [0.717, 1.165) is 38.6 Å². The molecule has 0 aromatic carbocycles. The Morgan fingerprint density at radius 1 is 1.50 bits per heavy atom. The lowest BCUT2D eigenvalue weighted by molar-refractivity contribution is -0.158. The number of nitrogens with one attached hydrogen (secondary N) is 1. The van der Waals surface area contributed by atoms with Crippen molar-refractivity contribution in [3.63, 3.8) is 0 Å². The summed E-state index contributed by atoms with van der Waals surface area (Å²) in [6, 6.07) is 0.385. The average molecular weight is 197 g/mol. The SMILES string of the molecule is CCOC(=O)C12CCCNC1CCC2. The maximum Gasteiger partial charge on any atom is 0.313 e. The van der Waals surface area contributed by atoms with Gasteiger partial charge in [0, 0.05) is 6.04 Å². The first-order chi connectivity index (χ1) is 6.79. The van der Waals surface area contributed by atoms with E-state index in [1.807, 2.05) is 6.92 Å². The van der Waals surface area contributed by atoms with Gasteiger partial charge in [0.25, 0.3) is 0 Å². The van der Waals surface area contributed by atoms with E-state index in [9.17, 15) is 4.79 Å². The van der Waals surface area contributed by atoms with Crippen LogP contribution in [-0.4, -0.2) is 25.2 Å². The highest BCUT2D eigenvalue weighted by atomic mass is 16.5. The van der Waals surface area contributed by atoms with E-state index in [0.29, 0.717) is 12.6 Å². The van der Waals surface area contributed by atoms with Gasteiger partial charge in [0.05, 0.1) is 12.0 Å². The standard InChI is InChI=1S/C11H19NO2/c1-2-14-10(13)11-6-3-5-9(11)12-8-4-7-11/h9,12H,2-8H2,1H3. The van der Waals surface area contributed by atoms with Crippen LogP contribution in [0.25, 0.3) is 0 Å². The smallest absolute Gasteiger partial charge is 0.313 e. The molecule has 3 nitrogen and oxygen atoms in total. The number of esters is 1. The third-order valence-electron chi connectivity index (χ3n) is 3.66. The summed E-state index contributed by atoms with van der Waals surface area (Å²) in [5.74, 6) is 0.0368. The van der Waals surface area contributed by atoms with E-state index < -0.39 is 0 Å². The first kappa shape index (κ1) is 9.97. The van der Waals surface area contributed by atoms with Gasteiger partial charge in [-0.1, -0.05) is 6.42 Å². The number of piperidine rings is 1. The Labute approximate surface area is 85.2 Å². The Morgan fingerprint density at radius 2 is 2.29 bits per heavy atom. The maximum atomic E-state index is 11.9. The van der Waals surface area contributed by atoms with Gasteiger partial charge in [0.1, 0.15) is 0 Å². The second-order valence-electron chi connectivity index (χ2n) is 4.38. The summed E-state index contributed by atoms with van der Waals surface area (Å²) in [7, 11) is 0. The Hall–Kier alpha value is -0.570. The number of rotatable bonds is 2. The van der Waals surface area contributed by atoms with Crippen molar-refractivity contribution in [3.05, 3.63) is 0 Å². The van der Waals surface area contributed by atoms with Gasteiger partial charge in [-0.25, -0.2) is 0 Å². The molecular weight excluding hydrogens is 178 g/mol. The normalized spacial score (nSPS) is 36.5. The molecule has 2 atom stereocenters. The molecule has 0 aromatic heterocycles. The van der Waals surface area contributed by atoms with Crippen LogP contribution in [-0.2, 0) is 9.53 Å². The van der Waals surface area contributed by atoms with Gasteiger partial charge in [-0.3, -0.25) is 4.79 Å². The van der Waals surface area contributed by atoms with Crippen LogP contribution in [0.15, 0.2) is 0 Å². The maximum absolute atomic E-state index is 11.9. The van der Waals surface area contributed by atoms with E-state index in [1.165, 1.54) is 0 Å². The van der Waals surface area contributed by atoms with Gasteiger partial charge in [-0.05, 0) is 39.2 Å². The number of carbonyl (C=O) groups is 1. The summed E-state index contributed by atoms with van der Waals surface area (Å²) >= 11 is 0. The fourth-order valence-corrected chi connectivity index (χ4v) is 2.97. The molecule has 1 saturated heterocycles. The summed E-state index contributed by atoms with van der Waals surface area (Å²) in [6.07, 6.45) is 5.44. The van der Waals surface area contributed by atoms with Crippen molar-refractivity contribution in [2.75, 3.05) is 13.2 Å². The lowest BCUT2D eigenvalue weighted by atomic mass is 9.76. The highest BCUT2D eigenvalue weighted by Crippen LogP contribution is 2.45. The number of ether oxygens (including phenoxy) is 1. The molecule has 0 aromatic rings. The van der Waals surface area contributed by atoms with Crippen LogP contribution in [0.1, 0.15) is 39.0 Å². The molecule has 2 aliphatic rings. The Morgan fingerprint density at radius 3 is 3.07 bits per heavy atom. The lowest BCUT2D eigenvalue weighted by Gasteiger charge is -2.37. The monoisotopic (exact) mass is 197 g/mol. The number of carbonyl (C=O) groups excluding carboxylic acids is 1. The Kier molecular flexibility index (Phi) is 2.77. The fraction of sp³-hybridized carbons (Fsp3) is 0.909. The summed E-state index contributed by atoms with van der Waals surface area (Å²) in [5.41, 5.74) is -0.172. The zero-order valence-corrected chi connectivity index (χ0v) is 8.84. The van der Waals surface area contributed by atoms with Gasteiger partial charge >= 0.3 is 5.97 Å². The van der Waals surface area contributed by atoms with Crippen LogP contribution in [0.5, 0.6) is 0 Å². The summed E-state index contributed by atoms with van der Waals surface area (Å²) < 4.78 is 5.21. The van der Waals surface area contributed by atoms with Crippen molar-refractivity contribution >= 4 is 5.97 Å². The van der Waals surface area contributed by atoms with Crippen molar-refractivity contribution in [2.24, 2.45) is 5.41 Å². The number of hydrogen-bond acceptors (Lipinski definition) is 3. The van der Waals surface area contributed by atoms with Gasteiger partial charge in [0.2, 0.25) is 0 Å². The highest BCUT2D eigenvalue weighted by Gasteiger charge is 2.50. The van der Waals surface area contributed by atoms with E-state index in [-0.39, 0.29) is 11.4 Å². The van der Waals surface area contributed by atoms with E-state index in [4.69, 9.17) is 4.74 Å². The minimum absolute atomic E-state index is 0.0368. The summed E-state index contributed by atoms with van der Waals surface area (Å²) in [4.78, 5) is 11.9. The molecule has 0 bridgehead atoms. The molecule has 0 radical (unpaired) electrons. The average Bonchev–Trinajstić information content (AvgIpc) is 2.62. The summed E-state index contributed by atoms with van der Waals surface area (Å²) in [5, 5.41) is 3.46. The number of hydrogen-bond donors (Lipinski definition) is 1. The highest BCUT2D eigenvalue weighted by molar-refractivity contribution is 5.78. The zero-order valence-electron chi connectivity index (χ0n) is 8.84. The van der Waals surface area contributed by atoms with E-state index >= 15 is 0 Å². The molecule has 2 unspecified atom stereocenters. The minimum atomic E-state index is -0.172. The first-order valence-corrected chi connectivity index (χ1v) is 5.70. The molecule has 1 heterocycles. The van der Waals surface area contributed by atoms with Crippen molar-refractivity contribution in [2.45, 2.75) is 45.1 Å². The van der Waals surface area contributed by atoms with Crippen molar-refractivity contribution < 1.29 is 9.53 Å². The van der Waals surface area contributed by atoms with E-state index in [2.05, 4.69) is 5.32 Å². The van der Waals surface area contributed by atoms with Crippen LogP contribution in [0, 0.1) is 5.41 Å². The number of fused-ring (bicyclic) bond motifs is 1. The molecule has 1 N–H and O–H groups in total. The van der Waals surface area contributed by atoms with Gasteiger partial charge in [0.15, 0.2) is 0 Å². The van der Waals surface area contributed by atoms with Crippen LogP contribution in [0.2, 0.25) is 0 Å². The fourth-order valence-electron chi connectivity index (χ4n) is 2.97. The van der Waals surface area contributed by atoms with E-state index in [1.54, 1.807) is 0 Å². The van der Waals surface area contributed by atoms with Gasteiger partial charge < -0.3 is 10.1 Å². The van der Waals surface area contributed by atoms with Crippen LogP contribution in [0.3, 0.4) is 0 Å². The van der Waals surface area contributed by atoms with Crippen molar-refractivity contribution in [1.29, 1.82) is 0 Å². The predicted octanol–water partition coefficient (Wildman–Crippen LogP) is 1.47. The molecule has 0 spiro atoms. The van der Waals surface area contributed by atoms with Crippen LogP contribution >= 0.6 is 0 Å². The molecule has 1 aliphatic carbocycles. The molecule has 0 amide bonds. The molecule has 2 rings (SSSR count). The molecule has 1 aliphatic heterocycles. The summed E-state index contributed by atoms with van der Waals surface area (Å²) in [6.45, 7) is 3.45. The minimum Gasteiger partial charge on any atom is -0.466 e. The quantitative estimate of drug-likeness (QED) is 0.681. The molecule has 14 heavy (non-hydrogen) atoms. The topological polar surface area (TPSA) is 38.3 Å².